The molecule has 0 radical (unpaired) electrons. The molecule has 1 fully saturated rings. The van der Waals surface area contributed by atoms with Gasteiger partial charge in [-0.25, -0.2) is 0 Å². The topological polar surface area (TPSA) is 85.8 Å². The third kappa shape index (κ3) is 2.83. The molecular weight excluding hydrogens is 202 g/mol. The van der Waals surface area contributed by atoms with E-state index in [9.17, 15) is 0 Å². The Bertz CT molecular complexity index is 71.8. The van der Waals surface area contributed by atoms with E-state index in [0.717, 1.165) is 0 Å². The summed E-state index contributed by atoms with van der Waals surface area (Å²) in [5.74, 6) is 0. The molecule has 5 nitrogen and oxygen atoms in total. The van der Waals surface area contributed by atoms with E-state index >= 15 is 0 Å². The molecule has 1 aliphatic rings. The van der Waals surface area contributed by atoms with E-state index in [2.05, 4.69) is 9.35 Å². The molecule has 1 saturated heterocycles. The summed E-state index contributed by atoms with van der Waals surface area (Å²) in [7, 11) is -4.80. The van der Waals surface area contributed by atoms with Crippen molar-refractivity contribution >= 4 is 7.74 Å². The van der Waals surface area contributed by atoms with Gasteiger partial charge in [0.25, 0.3) is 0 Å². The second kappa shape index (κ2) is 1.55. The summed E-state index contributed by atoms with van der Waals surface area (Å²) in [6, 6.07) is 0. The molecule has 0 aliphatic carbocycles. The first-order valence-corrected chi connectivity index (χ1v) is 3.06. The van der Waals surface area contributed by atoms with E-state index in [1.165, 1.54) is 0 Å². The molecule has 0 bridgehead atoms. The Labute approximate surface area is 58.3 Å². The maximum Gasteiger partial charge on any atom is 0 e. The zero-order valence-corrected chi connectivity index (χ0v) is 6.46. The van der Waals surface area contributed by atoms with Crippen LogP contribution in [0.5, 0.6) is 0 Å². The molecule has 7 heavy (non-hydrogen) atoms. The molecule has 1 rings (SSSR count). The van der Waals surface area contributed by atoms with E-state index in [0.29, 0.717) is 0 Å². The zero-order chi connectivity index (χ0) is 4.86. The first-order chi connectivity index (χ1) is 2.47. The van der Waals surface area contributed by atoms with Crippen molar-refractivity contribution in [3.63, 3.8) is 0 Å². The average Bonchev–Trinajstić information content (AvgIpc) is 1.73. The SMILES string of the molecule is OP1(O)(O)OO1.[Zr]. The van der Waals surface area contributed by atoms with Crippen LogP contribution < -0.4 is 0 Å². The Balaban J connectivity index is 0.000000360. The van der Waals surface area contributed by atoms with Gasteiger partial charge in [0.05, 0.1) is 0 Å². The van der Waals surface area contributed by atoms with Crippen molar-refractivity contribution in [2.45, 2.75) is 0 Å². The van der Waals surface area contributed by atoms with Gasteiger partial charge in [-0.05, 0) is 0 Å². The fraction of sp³-hybridized carbons (Fsp3) is 0. The van der Waals surface area contributed by atoms with Gasteiger partial charge in [-0.3, -0.25) is 0 Å². The van der Waals surface area contributed by atoms with Gasteiger partial charge in [0, 0.05) is 26.2 Å². The van der Waals surface area contributed by atoms with Crippen LogP contribution in [-0.2, 0) is 35.6 Å². The summed E-state index contributed by atoms with van der Waals surface area (Å²) in [5, 5.41) is 0. The minimum Gasteiger partial charge on any atom is 0 e. The monoisotopic (exact) mass is 204 g/mol. The largest absolute Gasteiger partial charge is 0 e. The van der Waals surface area contributed by atoms with E-state index < -0.39 is 7.74 Å². The third-order valence-electron chi connectivity index (χ3n) is 0.275. The Hall–Kier alpha value is 1.11. The van der Waals surface area contributed by atoms with Gasteiger partial charge >= 0.3 is 31.8 Å². The second-order valence-electron chi connectivity index (χ2n) is 0.982. The van der Waals surface area contributed by atoms with Crippen LogP contribution in [0.2, 0.25) is 0 Å². The van der Waals surface area contributed by atoms with Crippen LogP contribution >= 0.6 is 7.74 Å². The Morgan fingerprint density at radius 2 is 1.14 bits per heavy atom. The molecule has 0 spiro atoms. The van der Waals surface area contributed by atoms with Crippen LogP contribution in [0.25, 0.3) is 0 Å². The first kappa shape index (κ1) is 8.11. The van der Waals surface area contributed by atoms with Gasteiger partial charge in [-0.2, -0.15) is 0 Å². The Kier molecular flexibility index (Phi) is 1.79. The molecule has 42 valence electrons. The van der Waals surface area contributed by atoms with Gasteiger partial charge in [0.15, 0.2) is 0 Å². The fourth-order valence-corrected chi connectivity index (χ4v) is 0.402. The molecule has 0 aromatic carbocycles. The number of hydrogen-bond donors (Lipinski definition) is 3. The number of hydrogen-bond acceptors (Lipinski definition) is 5. The normalized spacial score (nSPS) is 36.7. The van der Waals surface area contributed by atoms with Crippen molar-refractivity contribution in [2.24, 2.45) is 0 Å². The van der Waals surface area contributed by atoms with Crippen LogP contribution in [0.15, 0.2) is 0 Å². The fourth-order valence-electron chi connectivity index (χ4n) is 0.0447. The standard InChI is InChI=1S/H3O5P.Zr/c1-6(2,3)4-5-6;/h1-3H;. The van der Waals surface area contributed by atoms with E-state index in [-0.39, 0.29) is 26.2 Å². The molecule has 0 aromatic rings. The van der Waals surface area contributed by atoms with Crippen molar-refractivity contribution in [1.82, 2.24) is 0 Å². The van der Waals surface area contributed by atoms with Crippen molar-refractivity contribution < 1.29 is 50.2 Å². The molecule has 0 atom stereocenters. The molecule has 1 aliphatic heterocycles. The van der Waals surface area contributed by atoms with Crippen molar-refractivity contribution in [3.05, 3.63) is 0 Å². The van der Waals surface area contributed by atoms with Gasteiger partial charge in [-0.1, -0.05) is 0 Å². The van der Waals surface area contributed by atoms with E-state index in [1.54, 1.807) is 0 Å². The summed E-state index contributed by atoms with van der Waals surface area (Å²) in [4.78, 5) is 23.7. The minimum absolute atomic E-state index is 0. The summed E-state index contributed by atoms with van der Waals surface area (Å²) in [6.07, 6.45) is 0. The third-order valence-corrected chi connectivity index (χ3v) is 0.824. The zero-order valence-electron chi connectivity index (χ0n) is 3.11. The Morgan fingerprint density at radius 3 is 1.14 bits per heavy atom. The van der Waals surface area contributed by atoms with Crippen LogP contribution in [0.3, 0.4) is 0 Å². The van der Waals surface area contributed by atoms with Gasteiger partial charge in [-0.15, -0.1) is 0 Å². The predicted molar refractivity (Wildman–Crippen MR) is 15.7 cm³/mol. The van der Waals surface area contributed by atoms with Crippen LogP contribution in [-0.4, -0.2) is 14.7 Å². The molecular formula is H3O5PZr. The minimum atomic E-state index is -4.80. The van der Waals surface area contributed by atoms with Gasteiger partial charge in [0.1, 0.15) is 0 Å². The molecule has 0 aromatic heterocycles. The molecule has 7 heteroatoms. The van der Waals surface area contributed by atoms with Crippen LogP contribution in [0, 0.1) is 0 Å². The maximum atomic E-state index is 7.89. The van der Waals surface area contributed by atoms with Gasteiger partial charge < -0.3 is 0 Å². The summed E-state index contributed by atoms with van der Waals surface area (Å²) < 4.78 is 6.76. The molecule has 1 heterocycles. The Morgan fingerprint density at radius 1 is 1.00 bits per heavy atom. The van der Waals surface area contributed by atoms with Crippen molar-refractivity contribution in [2.75, 3.05) is 0 Å². The van der Waals surface area contributed by atoms with Crippen molar-refractivity contribution in [3.8, 4) is 0 Å². The predicted octanol–water partition coefficient (Wildman–Crippen LogP) is -0.949. The second-order valence-corrected chi connectivity index (χ2v) is 2.95. The summed E-state index contributed by atoms with van der Waals surface area (Å²) >= 11 is 0. The molecule has 3 N–H and O–H groups in total. The molecule has 0 amide bonds. The van der Waals surface area contributed by atoms with Gasteiger partial charge in [0.2, 0.25) is 0 Å². The summed E-state index contributed by atoms with van der Waals surface area (Å²) in [6.45, 7) is 0. The average molecular weight is 205 g/mol. The summed E-state index contributed by atoms with van der Waals surface area (Å²) in [5.41, 5.74) is 0. The number of rotatable bonds is 0. The van der Waals surface area contributed by atoms with Crippen LogP contribution in [0.4, 0.5) is 0 Å². The van der Waals surface area contributed by atoms with Crippen molar-refractivity contribution in [1.29, 1.82) is 0 Å². The first-order valence-electron chi connectivity index (χ1n) is 1.13. The molecule has 0 saturated carbocycles. The van der Waals surface area contributed by atoms with E-state index in [4.69, 9.17) is 14.7 Å². The van der Waals surface area contributed by atoms with E-state index in [1.807, 2.05) is 0 Å². The molecule has 0 unspecified atom stereocenters. The quantitative estimate of drug-likeness (QED) is 0.270. The maximum absolute atomic E-state index is 7.89. The smallest absolute Gasteiger partial charge is 0 e. The van der Waals surface area contributed by atoms with Crippen LogP contribution in [0.1, 0.15) is 0 Å².